The van der Waals surface area contributed by atoms with Crippen molar-refractivity contribution >= 4 is 22.5 Å². The molecule has 1 aromatic carbocycles. The summed E-state index contributed by atoms with van der Waals surface area (Å²) in [7, 11) is 0. The summed E-state index contributed by atoms with van der Waals surface area (Å²) in [5, 5.41) is 17.7. The van der Waals surface area contributed by atoms with E-state index in [1.54, 1.807) is 6.07 Å². The highest BCUT2D eigenvalue weighted by Gasteiger charge is 2.12. The summed E-state index contributed by atoms with van der Waals surface area (Å²) in [6.45, 7) is 0.359. The Hall–Kier alpha value is -2.40. The molecule has 0 fully saturated rings. The van der Waals surface area contributed by atoms with Crippen LogP contribution in [-0.4, -0.2) is 20.3 Å². The number of aromatic hydroxyl groups is 1. The lowest BCUT2D eigenvalue weighted by Gasteiger charge is -2.09. The Morgan fingerprint density at radius 2 is 2.00 bits per heavy atom. The van der Waals surface area contributed by atoms with Crippen LogP contribution in [0.5, 0.6) is 11.6 Å². The number of benzene rings is 1. The topological polar surface area (TPSA) is 68.1 Å². The number of ether oxygens (including phenoxy) is 1. The number of fused-ring (bicyclic) bond motifs is 1. The Kier molecular flexibility index (Phi) is 3.35. The van der Waals surface area contributed by atoms with Gasteiger partial charge >= 0.3 is 0 Å². The van der Waals surface area contributed by atoms with Gasteiger partial charge in [-0.3, -0.25) is 0 Å². The molecular formula is C14H10ClN3O2. The van der Waals surface area contributed by atoms with Crippen molar-refractivity contribution in [2.45, 2.75) is 6.61 Å². The number of hydrogen-bond donors (Lipinski definition) is 1. The number of rotatable bonds is 3. The van der Waals surface area contributed by atoms with Gasteiger partial charge in [-0.25, -0.2) is 4.98 Å². The third-order valence-electron chi connectivity index (χ3n) is 2.77. The Morgan fingerprint density at radius 3 is 2.80 bits per heavy atom. The van der Waals surface area contributed by atoms with E-state index in [1.807, 2.05) is 30.3 Å². The van der Waals surface area contributed by atoms with Gasteiger partial charge in [0.2, 0.25) is 5.88 Å². The van der Waals surface area contributed by atoms with Gasteiger partial charge in [0, 0.05) is 6.07 Å². The number of hydrogen-bond acceptors (Lipinski definition) is 5. The lowest BCUT2D eigenvalue weighted by molar-refractivity contribution is 0.308. The minimum Gasteiger partial charge on any atom is -0.492 e. The highest BCUT2D eigenvalue weighted by molar-refractivity contribution is 6.30. The van der Waals surface area contributed by atoms with Crippen molar-refractivity contribution in [1.82, 2.24) is 15.2 Å². The second-order valence-corrected chi connectivity index (χ2v) is 4.53. The minimum atomic E-state index is -0.227. The maximum Gasteiger partial charge on any atom is 0.244 e. The van der Waals surface area contributed by atoms with E-state index in [2.05, 4.69) is 15.2 Å². The fourth-order valence-corrected chi connectivity index (χ4v) is 2.06. The molecule has 0 radical (unpaired) electrons. The Labute approximate surface area is 119 Å². The molecule has 1 N–H and O–H groups in total. The smallest absolute Gasteiger partial charge is 0.244 e. The average molecular weight is 288 g/mol. The molecule has 3 aromatic rings. The lowest BCUT2D eigenvalue weighted by atomic mass is 10.2. The van der Waals surface area contributed by atoms with Crippen LogP contribution in [0.1, 0.15) is 5.56 Å². The molecule has 0 atom stereocenters. The van der Waals surface area contributed by atoms with Crippen molar-refractivity contribution in [2.24, 2.45) is 0 Å². The second kappa shape index (κ2) is 5.30. The first kappa shape index (κ1) is 12.6. The van der Waals surface area contributed by atoms with Crippen molar-refractivity contribution < 1.29 is 9.84 Å². The Morgan fingerprint density at radius 1 is 1.20 bits per heavy atom. The summed E-state index contributed by atoms with van der Waals surface area (Å²) >= 11 is 5.94. The standard InChI is InChI=1S/C14H10ClN3O2/c15-12-6-11(20-8-9-4-2-1-3-5-9)13-10(17-12)7-16-18-14(13)19/h1-7H,8H2,(H,18,19). The monoisotopic (exact) mass is 287 g/mol. The summed E-state index contributed by atoms with van der Waals surface area (Å²) in [4.78, 5) is 4.08. The van der Waals surface area contributed by atoms with Gasteiger partial charge in [-0.2, -0.15) is 5.10 Å². The fraction of sp³-hybridized carbons (Fsp3) is 0.0714. The zero-order valence-electron chi connectivity index (χ0n) is 10.3. The summed E-state index contributed by atoms with van der Waals surface area (Å²) in [6, 6.07) is 11.2. The number of halogens is 1. The predicted octanol–water partition coefficient (Wildman–Crippen LogP) is 2.96. The van der Waals surface area contributed by atoms with Crippen LogP contribution < -0.4 is 4.74 Å². The summed E-state index contributed by atoms with van der Waals surface area (Å²) < 4.78 is 5.71. The Balaban J connectivity index is 1.98. The van der Waals surface area contributed by atoms with Crippen LogP contribution in [0.4, 0.5) is 0 Å². The van der Waals surface area contributed by atoms with Gasteiger partial charge in [0.25, 0.3) is 0 Å². The van der Waals surface area contributed by atoms with E-state index >= 15 is 0 Å². The molecule has 6 heteroatoms. The number of aromatic nitrogens is 3. The first-order valence-electron chi connectivity index (χ1n) is 5.91. The third-order valence-corrected chi connectivity index (χ3v) is 2.97. The molecule has 0 aliphatic rings. The lowest BCUT2D eigenvalue weighted by Crippen LogP contribution is -1.98. The molecule has 0 amide bonds. The molecule has 3 rings (SSSR count). The quantitative estimate of drug-likeness (QED) is 0.750. The summed E-state index contributed by atoms with van der Waals surface area (Å²) in [6.07, 6.45) is 1.43. The van der Waals surface area contributed by atoms with E-state index in [1.165, 1.54) is 6.20 Å². The third kappa shape index (κ3) is 2.48. The van der Waals surface area contributed by atoms with E-state index in [0.717, 1.165) is 5.56 Å². The molecule has 0 unspecified atom stereocenters. The van der Waals surface area contributed by atoms with Crippen LogP contribution in [0.15, 0.2) is 42.6 Å². The maximum atomic E-state index is 9.80. The zero-order valence-corrected chi connectivity index (χ0v) is 11.1. The fourth-order valence-electron chi connectivity index (χ4n) is 1.87. The predicted molar refractivity (Wildman–Crippen MR) is 74.8 cm³/mol. The molecule has 2 heterocycles. The van der Waals surface area contributed by atoms with Gasteiger partial charge in [0.1, 0.15) is 28.4 Å². The maximum absolute atomic E-state index is 9.80. The molecule has 20 heavy (non-hydrogen) atoms. The number of pyridine rings is 1. The van der Waals surface area contributed by atoms with E-state index < -0.39 is 0 Å². The molecule has 2 aromatic heterocycles. The highest BCUT2D eigenvalue weighted by atomic mass is 35.5. The van der Waals surface area contributed by atoms with Crippen LogP contribution >= 0.6 is 11.6 Å². The summed E-state index contributed by atoms with van der Waals surface area (Å²) in [5.74, 6) is 0.200. The van der Waals surface area contributed by atoms with E-state index in [9.17, 15) is 5.11 Å². The molecule has 0 aliphatic carbocycles. The first-order chi connectivity index (χ1) is 9.74. The van der Waals surface area contributed by atoms with Crippen LogP contribution in [-0.2, 0) is 6.61 Å². The molecule has 0 spiro atoms. The largest absolute Gasteiger partial charge is 0.492 e. The van der Waals surface area contributed by atoms with Gasteiger partial charge in [-0.1, -0.05) is 41.9 Å². The second-order valence-electron chi connectivity index (χ2n) is 4.15. The van der Waals surface area contributed by atoms with E-state index in [-0.39, 0.29) is 11.0 Å². The van der Waals surface area contributed by atoms with Crippen LogP contribution in [0.3, 0.4) is 0 Å². The SMILES string of the molecule is Oc1nncc2nc(Cl)cc(OCc3ccccc3)c12. The molecule has 0 bridgehead atoms. The molecule has 0 saturated heterocycles. The van der Waals surface area contributed by atoms with Crippen molar-refractivity contribution in [3.05, 3.63) is 53.3 Å². The summed E-state index contributed by atoms with van der Waals surface area (Å²) in [5.41, 5.74) is 1.45. The molecular weight excluding hydrogens is 278 g/mol. The van der Waals surface area contributed by atoms with Crippen molar-refractivity contribution in [1.29, 1.82) is 0 Å². The van der Waals surface area contributed by atoms with Crippen LogP contribution in [0, 0.1) is 0 Å². The van der Waals surface area contributed by atoms with Crippen LogP contribution in [0.2, 0.25) is 5.15 Å². The zero-order chi connectivity index (χ0) is 13.9. The van der Waals surface area contributed by atoms with Gasteiger partial charge in [-0.15, -0.1) is 5.10 Å². The minimum absolute atomic E-state index is 0.227. The average Bonchev–Trinajstić information content (AvgIpc) is 2.45. The molecule has 5 nitrogen and oxygen atoms in total. The normalized spacial score (nSPS) is 10.7. The number of nitrogens with zero attached hydrogens (tertiary/aromatic N) is 3. The van der Waals surface area contributed by atoms with Gasteiger partial charge in [-0.05, 0) is 5.56 Å². The van der Waals surface area contributed by atoms with E-state index in [4.69, 9.17) is 16.3 Å². The first-order valence-corrected chi connectivity index (χ1v) is 6.29. The molecule has 100 valence electrons. The Bertz CT molecular complexity index is 750. The van der Waals surface area contributed by atoms with Gasteiger partial charge in [0.15, 0.2) is 0 Å². The molecule has 0 saturated carbocycles. The van der Waals surface area contributed by atoms with Crippen molar-refractivity contribution in [2.75, 3.05) is 0 Å². The molecule has 0 aliphatic heterocycles. The van der Waals surface area contributed by atoms with E-state index in [0.29, 0.717) is 23.3 Å². The van der Waals surface area contributed by atoms with Gasteiger partial charge in [0.05, 0.1) is 6.20 Å². The van der Waals surface area contributed by atoms with Crippen molar-refractivity contribution in [3.63, 3.8) is 0 Å². The van der Waals surface area contributed by atoms with Crippen LogP contribution in [0.25, 0.3) is 10.9 Å². The highest BCUT2D eigenvalue weighted by Crippen LogP contribution is 2.32. The van der Waals surface area contributed by atoms with Crippen molar-refractivity contribution in [3.8, 4) is 11.6 Å². The van der Waals surface area contributed by atoms with Gasteiger partial charge < -0.3 is 9.84 Å².